The zero-order valence-corrected chi connectivity index (χ0v) is 24.6. The number of hydrogen-bond donors (Lipinski definition) is 1. The molecular weight excluding hydrogens is 487 g/mol. The SMILES string of the molecule is COc1ccc(C2(O)CCN(CC(=O)c3cc(C)c(O[Si](C(C)C)(C(C)C)C(C)C)cc3F)CC2)cn1. The fourth-order valence-corrected chi connectivity index (χ4v) is 11.3. The standard InChI is InChI=1S/C29H43FN2O4Si/c1-19(2)37(20(3)4,21(5)6)36-27-16-25(30)24(15-22(27)7)26(33)18-32-13-11-29(34,12-14-32)23-9-10-28(35-8)31-17-23/h9-10,15-17,19-21,34H,11-14,18H2,1-8H3. The van der Waals surface area contributed by atoms with E-state index >= 15 is 4.39 Å². The Morgan fingerprint density at radius 2 is 1.70 bits per heavy atom. The van der Waals surface area contributed by atoms with Crippen molar-refractivity contribution >= 4 is 14.1 Å². The topological polar surface area (TPSA) is 71.9 Å². The first-order valence-corrected chi connectivity index (χ1v) is 15.5. The molecule has 1 N–H and O–H groups in total. The molecule has 0 radical (unpaired) electrons. The summed E-state index contributed by atoms with van der Waals surface area (Å²) in [6, 6.07) is 6.60. The van der Waals surface area contributed by atoms with E-state index in [4.69, 9.17) is 9.16 Å². The minimum atomic E-state index is -2.24. The lowest BCUT2D eigenvalue weighted by atomic mass is 9.85. The predicted octanol–water partition coefficient (Wildman–Crippen LogP) is 6.26. The number of hydrogen-bond acceptors (Lipinski definition) is 6. The van der Waals surface area contributed by atoms with Crippen LogP contribution in [0.25, 0.3) is 0 Å². The number of piperidine rings is 1. The Bertz CT molecular complexity index is 1060. The van der Waals surface area contributed by atoms with Crippen LogP contribution >= 0.6 is 0 Å². The van der Waals surface area contributed by atoms with Crippen LogP contribution in [0.3, 0.4) is 0 Å². The number of pyridine rings is 1. The average molecular weight is 531 g/mol. The number of benzene rings is 1. The molecule has 1 aliphatic heterocycles. The Morgan fingerprint density at radius 1 is 1.11 bits per heavy atom. The van der Waals surface area contributed by atoms with Crippen molar-refractivity contribution in [1.29, 1.82) is 0 Å². The number of aromatic nitrogens is 1. The fourth-order valence-electron chi connectivity index (χ4n) is 5.97. The van der Waals surface area contributed by atoms with Crippen molar-refractivity contribution in [3.05, 3.63) is 53.0 Å². The van der Waals surface area contributed by atoms with Gasteiger partial charge in [-0.1, -0.05) is 41.5 Å². The van der Waals surface area contributed by atoms with Crippen molar-refractivity contribution < 1.29 is 23.5 Å². The number of methoxy groups -OCH3 is 1. The third-order valence-electron chi connectivity index (χ3n) is 8.09. The van der Waals surface area contributed by atoms with E-state index in [0.717, 1.165) is 11.1 Å². The van der Waals surface area contributed by atoms with Gasteiger partial charge in [0.15, 0.2) is 5.78 Å². The predicted molar refractivity (Wildman–Crippen MR) is 148 cm³/mol. The molecule has 0 spiro atoms. The van der Waals surface area contributed by atoms with Crippen molar-refractivity contribution in [2.45, 2.75) is 83.5 Å². The highest BCUT2D eigenvalue weighted by atomic mass is 28.4. The summed E-state index contributed by atoms with van der Waals surface area (Å²) in [5.41, 5.74) is 1.70. The van der Waals surface area contributed by atoms with E-state index in [-0.39, 0.29) is 17.9 Å². The number of ether oxygens (including phenoxy) is 1. The lowest BCUT2D eigenvalue weighted by Crippen LogP contribution is -2.50. The van der Waals surface area contributed by atoms with Crippen LogP contribution in [-0.4, -0.2) is 55.8 Å². The van der Waals surface area contributed by atoms with E-state index in [2.05, 4.69) is 46.5 Å². The molecule has 0 atom stereocenters. The molecule has 0 amide bonds. The Kier molecular flexibility index (Phi) is 9.19. The van der Waals surface area contributed by atoms with Crippen LogP contribution in [0, 0.1) is 12.7 Å². The number of ketones is 1. The van der Waals surface area contributed by atoms with Crippen molar-refractivity contribution in [2.24, 2.45) is 0 Å². The number of rotatable bonds is 10. The fraction of sp³-hybridized carbons (Fsp3) is 0.586. The van der Waals surface area contributed by atoms with E-state index in [1.54, 1.807) is 25.4 Å². The van der Waals surface area contributed by atoms with Gasteiger partial charge in [0.1, 0.15) is 11.6 Å². The van der Waals surface area contributed by atoms with E-state index in [9.17, 15) is 9.90 Å². The summed E-state index contributed by atoms with van der Waals surface area (Å²) in [5, 5.41) is 11.1. The molecule has 1 aromatic carbocycles. The Hall–Kier alpha value is -2.29. The highest BCUT2D eigenvalue weighted by Gasteiger charge is 2.47. The number of carbonyl (C=O) groups excluding carboxylic acids is 1. The number of aryl methyl sites for hydroxylation is 1. The lowest BCUT2D eigenvalue weighted by molar-refractivity contribution is -0.0248. The second-order valence-corrected chi connectivity index (χ2v) is 16.7. The normalized spacial score (nSPS) is 16.5. The minimum Gasteiger partial charge on any atom is -0.542 e. The summed E-state index contributed by atoms with van der Waals surface area (Å²) in [7, 11) is -0.694. The summed E-state index contributed by atoms with van der Waals surface area (Å²) < 4.78 is 27.1. The highest BCUT2D eigenvalue weighted by molar-refractivity contribution is 6.78. The van der Waals surface area contributed by atoms with Gasteiger partial charge in [-0.25, -0.2) is 9.37 Å². The second kappa shape index (κ2) is 11.6. The zero-order valence-electron chi connectivity index (χ0n) is 23.6. The summed E-state index contributed by atoms with van der Waals surface area (Å²) >= 11 is 0. The van der Waals surface area contributed by atoms with E-state index < -0.39 is 19.7 Å². The molecular formula is C29H43FN2O4Si. The number of likely N-dealkylation sites (tertiary alicyclic amines) is 1. The number of nitrogens with zero attached hydrogens (tertiary/aromatic N) is 2. The van der Waals surface area contributed by atoms with Crippen LogP contribution in [0.2, 0.25) is 16.6 Å². The van der Waals surface area contributed by atoms with Gasteiger partial charge >= 0.3 is 0 Å². The van der Waals surface area contributed by atoms with Gasteiger partial charge in [0.05, 0.1) is 24.8 Å². The van der Waals surface area contributed by atoms with E-state index in [1.165, 1.54) is 6.07 Å². The maximum atomic E-state index is 15.3. The van der Waals surface area contributed by atoms with Gasteiger partial charge in [0.25, 0.3) is 8.32 Å². The molecule has 6 nitrogen and oxygen atoms in total. The molecule has 1 aromatic heterocycles. The molecule has 1 aliphatic rings. The van der Waals surface area contributed by atoms with Gasteiger partial charge in [0.2, 0.25) is 5.88 Å². The van der Waals surface area contributed by atoms with Gasteiger partial charge in [-0.3, -0.25) is 9.69 Å². The zero-order chi connectivity index (χ0) is 27.5. The molecule has 204 valence electrons. The second-order valence-electron chi connectivity index (χ2n) is 11.3. The maximum absolute atomic E-state index is 15.3. The number of aliphatic hydroxyl groups is 1. The minimum absolute atomic E-state index is 0.0935. The van der Waals surface area contributed by atoms with Gasteiger partial charge in [-0.05, 0) is 54.1 Å². The van der Waals surface area contributed by atoms with Gasteiger partial charge in [-0.2, -0.15) is 0 Å². The molecule has 1 fully saturated rings. The molecule has 1 saturated heterocycles. The van der Waals surface area contributed by atoms with Crippen molar-refractivity contribution in [3.8, 4) is 11.6 Å². The van der Waals surface area contributed by atoms with Gasteiger partial charge < -0.3 is 14.3 Å². The largest absolute Gasteiger partial charge is 0.542 e. The quantitative estimate of drug-likeness (QED) is 0.289. The smallest absolute Gasteiger partial charge is 0.258 e. The third kappa shape index (κ3) is 6.07. The van der Waals surface area contributed by atoms with Crippen LogP contribution in [0.15, 0.2) is 30.5 Å². The Morgan fingerprint density at radius 3 is 2.19 bits per heavy atom. The van der Waals surface area contributed by atoms with Crippen LogP contribution in [0.5, 0.6) is 11.6 Å². The first kappa shape index (κ1) is 29.3. The summed E-state index contributed by atoms with van der Waals surface area (Å²) in [5.74, 6) is 0.245. The van der Waals surface area contributed by atoms with Gasteiger partial charge in [-0.15, -0.1) is 0 Å². The van der Waals surface area contributed by atoms with Crippen LogP contribution in [0.1, 0.15) is 75.9 Å². The number of halogens is 1. The summed E-state index contributed by atoms with van der Waals surface area (Å²) in [6.45, 7) is 16.2. The van der Waals surface area contributed by atoms with Crippen molar-refractivity contribution in [3.63, 3.8) is 0 Å². The number of Topliss-reactive ketones (excluding diaryl/α,β-unsaturated/α-hetero) is 1. The Balaban J connectivity index is 1.70. The van der Waals surface area contributed by atoms with Crippen LogP contribution in [0.4, 0.5) is 4.39 Å². The highest BCUT2D eigenvalue weighted by Crippen LogP contribution is 2.43. The molecule has 0 unspecified atom stereocenters. The van der Waals surface area contributed by atoms with Gasteiger partial charge in [0, 0.05) is 37.0 Å². The third-order valence-corrected chi connectivity index (χ3v) is 14.1. The van der Waals surface area contributed by atoms with Crippen molar-refractivity contribution in [2.75, 3.05) is 26.7 Å². The molecule has 2 aromatic rings. The monoisotopic (exact) mass is 530 g/mol. The molecule has 0 saturated carbocycles. The Labute approximate surface area is 222 Å². The molecule has 37 heavy (non-hydrogen) atoms. The van der Waals surface area contributed by atoms with Crippen LogP contribution in [-0.2, 0) is 5.60 Å². The summed E-state index contributed by atoms with van der Waals surface area (Å²) in [4.78, 5) is 19.3. The molecule has 3 rings (SSSR count). The molecule has 0 bridgehead atoms. The summed E-state index contributed by atoms with van der Waals surface area (Å²) in [6.07, 6.45) is 2.57. The maximum Gasteiger partial charge on any atom is 0.258 e. The van der Waals surface area contributed by atoms with E-state index in [0.29, 0.717) is 54.2 Å². The van der Waals surface area contributed by atoms with E-state index in [1.807, 2.05) is 17.9 Å². The molecule has 2 heterocycles. The molecule has 8 heteroatoms. The van der Waals surface area contributed by atoms with Crippen molar-refractivity contribution in [1.82, 2.24) is 9.88 Å². The first-order valence-electron chi connectivity index (χ1n) is 13.3. The van der Waals surface area contributed by atoms with Crippen LogP contribution < -0.4 is 9.16 Å². The average Bonchev–Trinajstić information content (AvgIpc) is 2.85. The lowest BCUT2D eigenvalue weighted by Gasteiger charge is -2.42. The first-order chi connectivity index (χ1) is 17.3. The molecule has 0 aliphatic carbocycles. The number of carbonyl (C=O) groups is 1.